The van der Waals surface area contributed by atoms with Crippen LogP contribution in [0.15, 0.2) is 48.1 Å². The van der Waals surface area contributed by atoms with Crippen LogP contribution >= 0.6 is 11.3 Å². The lowest BCUT2D eigenvalue weighted by atomic mass is 10.1. The number of nitrogens with zero attached hydrogens (tertiary/aromatic N) is 3. The lowest BCUT2D eigenvalue weighted by Crippen LogP contribution is -2.40. The molecule has 1 fully saturated rings. The molecule has 6 heteroatoms. The largest absolute Gasteiger partial charge is 0.379 e. The molecule has 1 N–H and O–H groups in total. The summed E-state index contributed by atoms with van der Waals surface area (Å²) in [6.07, 6.45) is 1.64. The maximum absolute atomic E-state index is 5.47. The van der Waals surface area contributed by atoms with E-state index in [1.54, 1.807) is 17.7 Å². The van der Waals surface area contributed by atoms with Gasteiger partial charge in [-0.2, -0.15) is 0 Å². The average molecular weight is 340 g/mol. The number of rotatable bonds is 5. The normalized spacial score (nSPS) is 17.0. The van der Waals surface area contributed by atoms with Crippen molar-refractivity contribution < 1.29 is 4.74 Å². The molecule has 0 bridgehead atoms. The fraction of sp³-hybridized carbons (Fsp3) is 0.333. The first-order valence-electron chi connectivity index (χ1n) is 8.20. The van der Waals surface area contributed by atoms with Gasteiger partial charge >= 0.3 is 0 Å². The zero-order valence-corrected chi connectivity index (χ0v) is 14.2. The Balaban J connectivity index is 1.61. The van der Waals surface area contributed by atoms with Crippen molar-refractivity contribution in [2.45, 2.75) is 6.04 Å². The van der Waals surface area contributed by atoms with E-state index in [9.17, 15) is 0 Å². The summed E-state index contributed by atoms with van der Waals surface area (Å²) >= 11 is 1.64. The van der Waals surface area contributed by atoms with Crippen LogP contribution in [0, 0.1) is 0 Å². The maximum Gasteiger partial charge on any atom is 0.138 e. The van der Waals surface area contributed by atoms with Crippen molar-refractivity contribution in [1.82, 2.24) is 14.9 Å². The molecule has 3 heterocycles. The highest BCUT2D eigenvalue weighted by molar-refractivity contribution is 7.16. The lowest BCUT2D eigenvalue weighted by Gasteiger charge is -2.31. The fourth-order valence-electron chi connectivity index (χ4n) is 3.03. The monoisotopic (exact) mass is 340 g/mol. The topological polar surface area (TPSA) is 50.3 Å². The molecule has 1 aliphatic rings. The number of nitrogens with one attached hydrogen (secondary N) is 1. The minimum atomic E-state index is 0.183. The van der Waals surface area contributed by atoms with Crippen molar-refractivity contribution in [1.29, 1.82) is 0 Å². The van der Waals surface area contributed by atoms with E-state index in [0.29, 0.717) is 0 Å². The minimum absolute atomic E-state index is 0.183. The number of aromatic nitrogens is 2. The van der Waals surface area contributed by atoms with Crippen LogP contribution in [0.5, 0.6) is 0 Å². The van der Waals surface area contributed by atoms with Crippen LogP contribution in [-0.4, -0.2) is 47.7 Å². The van der Waals surface area contributed by atoms with Gasteiger partial charge in [0.05, 0.1) is 24.6 Å². The third-order valence-electron chi connectivity index (χ3n) is 4.32. The summed E-state index contributed by atoms with van der Waals surface area (Å²) in [7, 11) is 0. The second kappa shape index (κ2) is 7.25. The predicted molar refractivity (Wildman–Crippen MR) is 97.5 cm³/mol. The summed E-state index contributed by atoms with van der Waals surface area (Å²) in [6.45, 7) is 4.50. The van der Waals surface area contributed by atoms with Crippen LogP contribution in [0.2, 0.25) is 0 Å². The van der Waals surface area contributed by atoms with Gasteiger partial charge in [-0.15, -0.1) is 11.3 Å². The second-order valence-electron chi connectivity index (χ2n) is 5.88. The highest BCUT2D eigenvalue weighted by Gasteiger charge is 2.19. The highest BCUT2D eigenvalue weighted by Crippen LogP contribution is 2.27. The number of hydrogen-bond donors (Lipinski definition) is 1. The molecule has 0 aliphatic carbocycles. The second-order valence-corrected chi connectivity index (χ2v) is 6.78. The molecule has 3 aromatic rings. The number of fused-ring (bicyclic) bond motifs is 1. The van der Waals surface area contributed by atoms with Crippen molar-refractivity contribution in [2.75, 3.05) is 38.2 Å². The SMILES string of the molecule is c1ccc([C@H](CN2CCOCC2)Nc2ncnc3sccc23)cc1. The van der Waals surface area contributed by atoms with E-state index in [-0.39, 0.29) is 6.04 Å². The highest BCUT2D eigenvalue weighted by atomic mass is 32.1. The molecule has 0 spiro atoms. The lowest BCUT2D eigenvalue weighted by molar-refractivity contribution is 0.0361. The van der Waals surface area contributed by atoms with Gasteiger partial charge < -0.3 is 10.1 Å². The van der Waals surface area contributed by atoms with E-state index < -0.39 is 0 Å². The van der Waals surface area contributed by atoms with Gasteiger partial charge in [-0.1, -0.05) is 30.3 Å². The third kappa shape index (κ3) is 3.40. The van der Waals surface area contributed by atoms with Crippen LogP contribution in [0.4, 0.5) is 5.82 Å². The van der Waals surface area contributed by atoms with Gasteiger partial charge in [0.25, 0.3) is 0 Å². The van der Waals surface area contributed by atoms with E-state index in [4.69, 9.17) is 4.74 Å². The van der Waals surface area contributed by atoms with Gasteiger partial charge in [0, 0.05) is 19.6 Å². The maximum atomic E-state index is 5.47. The molecule has 1 saturated heterocycles. The standard InChI is InChI=1S/C18H20N4OS/c1-2-4-14(5-3-1)16(12-22-7-9-23-10-8-22)21-17-15-6-11-24-18(15)20-13-19-17/h1-6,11,13,16H,7-10,12H2,(H,19,20,21)/t16-/m0/s1. The Morgan fingerprint density at radius 1 is 1.12 bits per heavy atom. The number of thiophene rings is 1. The minimum Gasteiger partial charge on any atom is -0.379 e. The number of anilines is 1. The summed E-state index contributed by atoms with van der Waals surface area (Å²) < 4.78 is 5.47. The van der Waals surface area contributed by atoms with Crippen molar-refractivity contribution >= 4 is 27.4 Å². The zero-order valence-electron chi connectivity index (χ0n) is 13.4. The molecule has 124 valence electrons. The molecule has 1 atom stereocenters. The van der Waals surface area contributed by atoms with E-state index in [1.807, 2.05) is 0 Å². The first kappa shape index (κ1) is 15.5. The van der Waals surface area contributed by atoms with Crippen LogP contribution < -0.4 is 5.32 Å². The molecule has 4 rings (SSSR count). The molecule has 0 saturated carbocycles. The molecular formula is C18H20N4OS. The molecule has 1 aliphatic heterocycles. The molecule has 5 nitrogen and oxygen atoms in total. The number of ether oxygens (including phenoxy) is 1. The Bertz CT molecular complexity index is 786. The molecule has 1 aromatic carbocycles. The van der Waals surface area contributed by atoms with Crippen molar-refractivity contribution in [3.8, 4) is 0 Å². The van der Waals surface area contributed by atoms with E-state index >= 15 is 0 Å². The number of morpholine rings is 1. The molecular weight excluding hydrogens is 320 g/mol. The Morgan fingerprint density at radius 2 is 1.96 bits per heavy atom. The van der Waals surface area contributed by atoms with Crippen LogP contribution in [-0.2, 0) is 4.74 Å². The van der Waals surface area contributed by atoms with Gasteiger partial charge in [-0.3, -0.25) is 4.90 Å². The van der Waals surface area contributed by atoms with Crippen LogP contribution in [0.3, 0.4) is 0 Å². The van der Waals surface area contributed by atoms with E-state index in [1.165, 1.54) is 5.56 Å². The Hall–Kier alpha value is -2.02. The predicted octanol–water partition coefficient (Wildman–Crippen LogP) is 3.18. The summed E-state index contributed by atoms with van der Waals surface area (Å²) in [5.74, 6) is 0.906. The van der Waals surface area contributed by atoms with Crippen molar-refractivity contribution in [3.05, 3.63) is 53.7 Å². The van der Waals surface area contributed by atoms with Gasteiger partial charge in [-0.25, -0.2) is 9.97 Å². The molecule has 0 amide bonds. The molecule has 0 unspecified atom stereocenters. The fourth-order valence-corrected chi connectivity index (χ4v) is 3.76. The summed E-state index contributed by atoms with van der Waals surface area (Å²) in [5, 5.41) is 6.79. The summed E-state index contributed by atoms with van der Waals surface area (Å²) in [5.41, 5.74) is 1.27. The smallest absolute Gasteiger partial charge is 0.138 e. The Morgan fingerprint density at radius 3 is 2.79 bits per heavy atom. The number of hydrogen-bond acceptors (Lipinski definition) is 6. The van der Waals surface area contributed by atoms with Gasteiger partial charge in [0.1, 0.15) is 17.0 Å². The van der Waals surface area contributed by atoms with Gasteiger partial charge in [0.15, 0.2) is 0 Å². The molecule has 24 heavy (non-hydrogen) atoms. The third-order valence-corrected chi connectivity index (χ3v) is 5.14. The summed E-state index contributed by atoms with van der Waals surface area (Å²) in [4.78, 5) is 12.3. The van der Waals surface area contributed by atoms with Crippen LogP contribution in [0.25, 0.3) is 10.2 Å². The van der Waals surface area contributed by atoms with Crippen molar-refractivity contribution in [3.63, 3.8) is 0 Å². The average Bonchev–Trinajstić information content (AvgIpc) is 3.13. The van der Waals surface area contributed by atoms with E-state index in [0.717, 1.165) is 48.9 Å². The Kier molecular flexibility index (Phi) is 4.69. The quantitative estimate of drug-likeness (QED) is 0.773. The first-order valence-corrected chi connectivity index (χ1v) is 9.08. The van der Waals surface area contributed by atoms with E-state index in [2.05, 4.69) is 62.0 Å². The number of benzene rings is 1. The van der Waals surface area contributed by atoms with Gasteiger partial charge in [-0.05, 0) is 17.0 Å². The molecule has 0 radical (unpaired) electrons. The van der Waals surface area contributed by atoms with Gasteiger partial charge in [0.2, 0.25) is 0 Å². The summed E-state index contributed by atoms with van der Waals surface area (Å²) in [6, 6.07) is 12.8. The zero-order chi connectivity index (χ0) is 16.2. The van der Waals surface area contributed by atoms with Crippen molar-refractivity contribution in [2.24, 2.45) is 0 Å². The Labute approximate surface area is 145 Å². The molecule has 2 aromatic heterocycles. The first-order chi connectivity index (χ1) is 11.9. The van der Waals surface area contributed by atoms with Crippen LogP contribution in [0.1, 0.15) is 11.6 Å².